The van der Waals surface area contributed by atoms with Crippen molar-refractivity contribution < 1.29 is 58.7 Å². The van der Waals surface area contributed by atoms with Gasteiger partial charge in [0, 0.05) is 6.92 Å². The number of benzene rings is 1. The van der Waals surface area contributed by atoms with Crippen LogP contribution in [0, 0.1) is 0 Å². The lowest BCUT2D eigenvalue weighted by Gasteiger charge is -2.47. The summed E-state index contributed by atoms with van der Waals surface area (Å²) in [7, 11) is 0. The quantitative estimate of drug-likeness (QED) is 0.173. The van der Waals surface area contributed by atoms with Crippen LogP contribution in [-0.4, -0.2) is 113 Å². The van der Waals surface area contributed by atoms with E-state index in [1.807, 2.05) is 30.3 Å². The SMILES string of the molecule is C=CCO[C@H]1[C@@H](O)[C@@H](CO)O[C@@H](O[C@H]2[C@H](O)[C@@H](OC(C)=O)[C@H](OCc3ccccc3)O[C@@H]2CO)[C@@H]1O. The standard InChI is InChI=1S/C24H34O12/c1-3-9-31-21-17(28)15(10-25)34-23(19(21)30)36-20-16(11-26)35-24(22(18(20)29)33-13(2)27)32-12-14-7-5-4-6-8-14/h3-8,15-26,28-30H,1,9-12H2,2H3/t15-,16-,17+,18+,19-,20-,21+,22-,23+,24-/m1/s1. The number of aliphatic hydroxyl groups excluding tert-OH is 5. The Balaban J connectivity index is 1.78. The van der Waals surface area contributed by atoms with Gasteiger partial charge in [0.05, 0.1) is 26.4 Å². The molecule has 0 bridgehead atoms. The summed E-state index contributed by atoms with van der Waals surface area (Å²) in [4.78, 5) is 11.8. The molecule has 1 aromatic rings. The average molecular weight is 515 g/mol. The third-order valence-electron chi connectivity index (χ3n) is 5.88. The lowest BCUT2D eigenvalue weighted by molar-refractivity contribution is -0.362. The summed E-state index contributed by atoms with van der Waals surface area (Å²) in [5, 5.41) is 51.8. The zero-order valence-corrected chi connectivity index (χ0v) is 19.9. The van der Waals surface area contributed by atoms with Gasteiger partial charge in [-0.05, 0) is 5.56 Å². The molecule has 0 saturated carbocycles. The van der Waals surface area contributed by atoms with Crippen molar-refractivity contribution in [3.8, 4) is 0 Å². The molecule has 5 N–H and O–H groups in total. The second-order valence-electron chi connectivity index (χ2n) is 8.48. The summed E-state index contributed by atoms with van der Waals surface area (Å²) in [5.41, 5.74) is 0.800. The molecule has 2 saturated heterocycles. The lowest BCUT2D eigenvalue weighted by atomic mass is 9.96. The molecular formula is C24H34O12. The van der Waals surface area contributed by atoms with Gasteiger partial charge in [-0.1, -0.05) is 36.4 Å². The Bertz CT molecular complexity index is 823. The van der Waals surface area contributed by atoms with Crippen LogP contribution in [-0.2, 0) is 39.8 Å². The second-order valence-corrected chi connectivity index (χ2v) is 8.48. The number of hydrogen-bond acceptors (Lipinski definition) is 12. The van der Waals surface area contributed by atoms with Gasteiger partial charge in [0.1, 0.15) is 42.7 Å². The first-order valence-corrected chi connectivity index (χ1v) is 11.6. The van der Waals surface area contributed by atoms with Gasteiger partial charge in [-0.3, -0.25) is 4.79 Å². The monoisotopic (exact) mass is 514 g/mol. The zero-order chi connectivity index (χ0) is 26.2. The first kappa shape index (κ1) is 28.6. The van der Waals surface area contributed by atoms with Crippen molar-refractivity contribution in [3.63, 3.8) is 0 Å². The van der Waals surface area contributed by atoms with Crippen LogP contribution in [0.4, 0.5) is 0 Å². The van der Waals surface area contributed by atoms with Crippen molar-refractivity contribution >= 4 is 5.97 Å². The van der Waals surface area contributed by atoms with Crippen molar-refractivity contribution in [1.29, 1.82) is 0 Å². The first-order chi connectivity index (χ1) is 17.3. The summed E-state index contributed by atoms with van der Waals surface area (Å²) in [5.74, 6) is -0.715. The molecule has 1 aromatic carbocycles. The van der Waals surface area contributed by atoms with E-state index in [2.05, 4.69) is 6.58 Å². The number of carbonyl (C=O) groups excluding carboxylic acids is 1. The van der Waals surface area contributed by atoms with E-state index < -0.39 is 80.6 Å². The van der Waals surface area contributed by atoms with Crippen molar-refractivity contribution in [1.82, 2.24) is 0 Å². The van der Waals surface area contributed by atoms with Crippen molar-refractivity contribution in [3.05, 3.63) is 48.6 Å². The Morgan fingerprint density at radius 1 is 0.917 bits per heavy atom. The van der Waals surface area contributed by atoms with Crippen LogP contribution in [0.1, 0.15) is 12.5 Å². The maximum absolute atomic E-state index is 11.8. The minimum absolute atomic E-state index is 0.00690. The highest BCUT2D eigenvalue weighted by Gasteiger charge is 2.52. The molecule has 0 aliphatic carbocycles. The summed E-state index contributed by atoms with van der Waals surface area (Å²) in [6.07, 6.45) is -12.1. The molecule has 10 atom stereocenters. The number of hydrogen-bond donors (Lipinski definition) is 5. The number of rotatable bonds is 11. The van der Waals surface area contributed by atoms with Gasteiger partial charge >= 0.3 is 5.97 Å². The maximum Gasteiger partial charge on any atom is 0.303 e. The molecule has 0 aromatic heterocycles. The van der Waals surface area contributed by atoms with Crippen LogP contribution < -0.4 is 0 Å². The third kappa shape index (κ3) is 6.86. The Morgan fingerprint density at radius 2 is 1.58 bits per heavy atom. The molecule has 0 amide bonds. The topological polar surface area (TPSA) is 174 Å². The number of aliphatic hydroxyl groups is 5. The first-order valence-electron chi connectivity index (χ1n) is 11.6. The second kappa shape index (κ2) is 13.5. The highest BCUT2D eigenvalue weighted by molar-refractivity contribution is 5.66. The zero-order valence-electron chi connectivity index (χ0n) is 19.9. The minimum Gasteiger partial charge on any atom is -0.454 e. The summed E-state index contributed by atoms with van der Waals surface area (Å²) in [6.45, 7) is 3.51. The minimum atomic E-state index is -1.57. The average Bonchev–Trinajstić information content (AvgIpc) is 2.87. The van der Waals surface area contributed by atoms with Crippen LogP contribution in [0.5, 0.6) is 0 Å². The molecule has 0 spiro atoms. The van der Waals surface area contributed by atoms with E-state index in [4.69, 9.17) is 28.4 Å². The van der Waals surface area contributed by atoms with Crippen LogP contribution in [0.2, 0.25) is 0 Å². The largest absolute Gasteiger partial charge is 0.454 e. The van der Waals surface area contributed by atoms with Gasteiger partial charge in [-0.25, -0.2) is 0 Å². The van der Waals surface area contributed by atoms with Crippen molar-refractivity contribution in [2.75, 3.05) is 19.8 Å². The highest BCUT2D eigenvalue weighted by Crippen LogP contribution is 2.32. The van der Waals surface area contributed by atoms with Gasteiger partial charge in [0.15, 0.2) is 18.7 Å². The maximum atomic E-state index is 11.8. The lowest BCUT2D eigenvalue weighted by Crippen LogP contribution is -2.65. The van der Waals surface area contributed by atoms with E-state index in [-0.39, 0.29) is 13.2 Å². The van der Waals surface area contributed by atoms with Crippen LogP contribution >= 0.6 is 0 Å². The van der Waals surface area contributed by atoms with Gasteiger partial charge in [-0.2, -0.15) is 0 Å². The van der Waals surface area contributed by atoms with E-state index in [9.17, 15) is 30.3 Å². The molecule has 12 heteroatoms. The fourth-order valence-corrected chi connectivity index (χ4v) is 4.11. The van der Waals surface area contributed by atoms with Crippen LogP contribution in [0.15, 0.2) is 43.0 Å². The van der Waals surface area contributed by atoms with E-state index in [0.29, 0.717) is 0 Å². The predicted molar refractivity (Wildman–Crippen MR) is 121 cm³/mol. The van der Waals surface area contributed by atoms with Gasteiger partial charge in [-0.15, -0.1) is 6.58 Å². The van der Waals surface area contributed by atoms with Gasteiger partial charge in [0.25, 0.3) is 0 Å². The number of ether oxygens (including phenoxy) is 6. The van der Waals surface area contributed by atoms with Crippen molar-refractivity contribution in [2.24, 2.45) is 0 Å². The van der Waals surface area contributed by atoms with E-state index in [0.717, 1.165) is 12.5 Å². The summed E-state index contributed by atoms with van der Waals surface area (Å²) < 4.78 is 33.5. The molecule has 2 heterocycles. The molecule has 0 unspecified atom stereocenters. The van der Waals surface area contributed by atoms with Crippen LogP contribution in [0.3, 0.4) is 0 Å². The van der Waals surface area contributed by atoms with E-state index in [1.54, 1.807) is 0 Å². The Labute approximate surface area is 208 Å². The van der Waals surface area contributed by atoms with E-state index in [1.165, 1.54) is 6.08 Å². The Kier molecular flexibility index (Phi) is 10.8. The summed E-state index contributed by atoms with van der Waals surface area (Å²) in [6, 6.07) is 9.10. The normalized spacial score (nSPS) is 36.8. The number of carbonyl (C=O) groups is 1. The van der Waals surface area contributed by atoms with Gasteiger partial charge in [0.2, 0.25) is 0 Å². The Hall–Kier alpha value is -1.97. The molecule has 2 aliphatic heterocycles. The number of esters is 1. The molecule has 3 rings (SSSR count). The molecule has 2 fully saturated rings. The van der Waals surface area contributed by atoms with E-state index >= 15 is 0 Å². The van der Waals surface area contributed by atoms with Crippen LogP contribution in [0.25, 0.3) is 0 Å². The Morgan fingerprint density at radius 3 is 2.19 bits per heavy atom. The van der Waals surface area contributed by atoms with Gasteiger partial charge < -0.3 is 54.0 Å². The molecule has 36 heavy (non-hydrogen) atoms. The van der Waals surface area contributed by atoms with Crippen molar-refractivity contribution in [2.45, 2.75) is 74.9 Å². The molecule has 2 aliphatic rings. The molecule has 0 radical (unpaired) electrons. The smallest absolute Gasteiger partial charge is 0.303 e. The molecular weight excluding hydrogens is 480 g/mol. The molecule has 202 valence electrons. The third-order valence-corrected chi connectivity index (χ3v) is 5.88. The fourth-order valence-electron chi connectivity index (χ4n) is 4.11. The highest BCUT2D eigenvalue weighted by atomic mass is 16.7. The molecule has 12 nitrogen and oxygen atoms in total. The predicted octanol–water partition coefficient (Wildman–Crippen LogP) is -1.39. The summed E-state index contributed by atoms with van der Waals surface area (Å²) >= 11 is 0. The fraction of sp³-hybridized carbons (Fsp3) is 0.625.